The zero-order valence-electron chi connectivity index (χ0n) is 12.8. The molecule has 1 heterocycles. The number of ether oxygens (including phenoxy) is 1. The van der Waals surface area contributed by atoms with Gasteiger partial charge in [0.05, 0.1) is 13.2 Å². The van der Waals surface area contributed by atoms with E-state index in [1.807, 2.05) is 30.9 Å². The minimum atomic E-state index is -0.864. The first kappa shape index (κ1) is 15.8. The average Bonchev–Trinajstić information content (AvgIpc) is 2.45. The summed E-state index contributed by atoms with van der Waals surface area (Å²) in [7, 11) is 1.65. The van der Waals surface area contributed by atoms with Crippen LogP contribution in [-0.2, 0) is 11.3 Å². The van der Waals surface area contributed by atoms with E-state index in [0.717, 1.165) is 22.4 Å². The van der Waals surface area contributed by atoms with Crippen LogP contribution in [0.4, 0.5) is 0 Å². The van der Waals surface area contributed by atoms with Gasteiger partial charge in [-0.1, -0.05) is 6.07 Å². The summed E-state index contributed by atoms with van der Waals surface area (Å²) in [6.07, 6.45) is 0.405. The molecule has 21 heavy (non-hydrogen) atoms. The van der Waals surface area contributed by atoms with Crippen molar-refractivity contribution in [3.63, 3.8) is 0 Å². The first-order chi connectivity index (χ1) is 9.93. The Bertz CT molecular complexity index is 529. The molecule has 0 unspecified atom stereocenters. The van der Waals surface area contributed by atoms with Crippen LogP contribution in [0.25, 0.3) is 0 Å². The zero-order valence-corrected chi connectivity index (χ0v) is 12.8. The van der Waals surface area contributed by atoms with Gasteiger partial charge in [0, 0.05) is 13.1 Å². The van der Waals surface area contributed by atoms with Crippen LogP contribution in [0.15, 0.2) is 12.1 Å². The van der Waals surface area contributed by atoms with Gasteiger partial charge in [0.15, 0.2) is 0 Å². The molecule has 0 aliphatic carbocycles. The third kappa shape index (κ3) is 3.36. The number of rotatable bonds is 4. The molecule has 0 radical (unpaired) electrons. The Morgan fingerprint density at radius 1 is 1.38 bits per heavy atom. The van der Waals surface area contributed by atoms with Gasteiger partial charge < -0.3 is 14.9 Å². The lowest BCUT2D eigenvalue weighted by atomic mass is 9.96. The molecule has 1 saturated heterocycles. The number of methoxy groups -OCH3 is 1. The monoisotopic (exact) mass is 293 g/mol. The molecule has 1 aromatic carbocycles. The van der Waals surface area contributed by atoms with E-state index in [1.54, 1.807) is 7.11 Å². The standard InChI is InChI=1S/C16H23NO4/c1-10-11(2)15(21-3)5-4-12(10)9-17-7-6-13(18)8-14(17)16(19)20/h4-5,13-14,18H,6-9H2,1-3H3,(H,19,20)/t13-,14+/m0/s1. The number of likely N-dealkylation sites (tertiary alicyclic amines) is 1. The van der Waals surface area contributed by atoms with Crippen molar-refractivity contribution < 1.29 is 19.7 Å². The highest BCUT2D eigenvalue weighted by Crippen LogP contribution is 2.27. The molecule has 5 heteroatoms. The maximum Gasteiger partial charge on any atom is 0.321 e. The summed E-state index contributed by atoms with van der Waals surface area (Å²) in [6.45, 7) is 5.22. The molecular formula is C16H23NO4. The minimum Gasteiger partial charge on any atom is -0.496 e. The molecule has 1 fully saturated rings. The number of aliphatic hydroxyl groups excluding tert-OH is 1. The van der Waals surface area contributed by atoms with Crippen molar-refractivity contribution in [2.24, 2.45) is 0 Å². The summed E-state index contributed by atoms with van der Waals surface area (Å²) in [6, 6.07) is 3.30. The Morgan fingerprint density at radius 2 is 2.10 bits per heavy atom. The minimum absolute atomic E-state index is 0.295. The van der Waals surface area contributed by atoms with Crippen molar-refractivity contribution in [1.82, 2.24) is 4.90 Å². The van der Waals surface area contributed by atoms with Crippen LogP contribution in [0.5, 0.6) is 5.75 Å². The molecule has 0 spiro atoms. The fourth-order valence-electron chi connectivity index (χ4n) is 2.90. The van der Waals surface area contributed by atoms with E-state index < -0.39 is 18.1 Å². The Balaban J connectivity index is 2.20. The van der Waals surface area contributed by atoms with Gasteiger partial charge in [-0.3, -0.25) is 9.69 Å². The highest BCUT2D eigenvalue weighted by molar-refractivity contribution is 5.73. The lowest BCUT2D eigenvalue weighted by Crippen LogP contribution is -2.48. The quantitative estimate of drug-likeness (QED) is 0.884. The van der Waals surface area contributed by atoms with E-state index in [4.69, 9.17) is 4.74 Å². The average molecular weight is 293 g/mol. The molecule has 1 aromatic rings. The van der Waals surface area contributed by atoms with E-state index in [9.17, 15) is 15.0 Å². The predicted octanol–water partition coefficient (Wildman–Crippen LogP) is 1.72. The lowest BCUT2D eigenvalue weighted by Gasteiger charge is -2.35. The summed E-state index contributed by atoms with van der Waals surface area (Å²) in [5.41, 5.74) is 3.32. The van der Waals surface area contributed by atoms with Gasteiger partial charge in [-0.05, 0) is 49.4 Å². The summed E-state index contributed by atoms with van der Waals surface area (Å²) in [4.78, 5) is 13.3. The zero-order chi connectivity index (χ0) is 15.6. The van der Waals surface area contributed by atoms with E-state index in [-0.39, 0.29) is 0 Å². The molecule has 0 saturated carbocycles. The SMILES string of the molecule is COc1ccc(CN2CC[C@H](O)C[C@@H]2C(=O)O)c(C)c1C. The number of carboxylic acid groups (broad SMARTS) is 1. The second kappa shape index (κ2) is 6.45. The number of piperidine rings is 1. The Hall–Kier alpha value is -1.59. The number of nitrogens with zero attached hydrogens (tertiary/aromatic N) is 1. The van der Waals surface area contributed by atoms with Crippen LogP contribution in [0.3, 0.4) is 0 Å². The summed E-state index contributed by atoms with van der Waals surface area (Å²) >= 11 is 0. The maximum absolute atomic E-state index is 11.4. The fraction of sp³-hybridized carbons (Fsp3) is 0.562. The molecule has 2 atom stereocenters. The molecule has 0 amide bonds. The van der Waals surface area contributed by atoms with Crippen molar-refractivity contribution in [2.75, 3.05) is 13.7 Å². The summed E-state index contributed by atoms with van der Waals surface area (Å²) in [5.74, 6) is -0.0169. The summed E-state index contributed by atoms with van der Waals surface area (Å²) in [5, 5.41) is 19.0. The van der Waals surface area contributed by atoms with Gasteiger partial charge in [0.25, 0.3) is 0 Å². The van der Waals surface area contributed by atoms with Gasteiger partial charge in [0.2, 0.25) is 0 Å². The highest BCUT2D eigenvalue weighted by atomic mass is 16.5. The number of carboxylic acids is 1. The van der Waals surface area contributed by atoms with E-state index in [1.165, 1.54) is 0 Å². The van der Waals surface area contributed by atoms with E-state index in [2.05, 4.69) is 0 Å². The molecular weight excluding hydrogens is 270 g/mol. The van der Waals surface area contributed by atoms with Crippen molar-refractivity contribution in [3.8, 4) is 5.75 Å². The van der Waals surface area contributed by atoms with Gasteiger partial charge in [0.1, 0.15) is 11.8 Å². The topological polar surface area (TPSA) is 70.0 Å². The first-order valence-corrected chi connectivity index (χ1v) is 7.22. The summed E-state index contributed by atoms with van der Waals surface area (Å²) < 4.78 is 5.30. The second-order valence-corrected chi connectivity index (χ2v) is 5.68. The Kier molecular flexibility index (Phi) is 4.85. The van der Waals surface area contributed by atoms with Gasteiger partial charge in [-0.15, -0.1) is 0 Å². The van der Waals surface area contributed by atoms with Gasteiger partial charge >= 0.3 is 5.97 Å². The van der Waals surface area contributed by atoms with E-state index in [0.29, 0.717) is 25.9 Å². The fourth-order valence-corrected chi connectivity index (χ4v) is 2.90. The van der Waals surface area contributed by atoms with Crippen molar-refractivity contribution in [2.45, 2.75) is 45.4 Å². The lowest BCUT2D eigenvalue weighted by molar-refractivity contribution is -0.147. The number of carbonyl (C=O) groups is 1. The third-order valence-corrected chi connectivity index (χ3v) is 4.41. The smallest absolute Gasteiger partial charge is 0.321 e. The maximum atomic E-state index is 11.4. The molecule has 2 rings (SSSR count). The van der Waals surface area contributed by atoms with Crippen LogP contribution in [-0.4, -0.2) is 46.9 Å². The largest absolute Gasteiger partial charge is 0.496 e. The molecule has 1 aliphatic rings. The number of hydrogen-bond acceptors (Lipinski definition) is 4. The normalized spacial score (nSPS) is 23.0. The predicted molar refractivity (Wildman–Crippen MR) is 79.5 cm³/mol. The molecule has 0 aromatic heterocycles. The number of aliphatic hydroxyl groups is 1. The number of aliphatic carboxylic acids is 1. The molecule has 5 nitrogen and oxygen atoms in total. The van der Waals surface area contributed by atoms with Crippen molar-refractivity contribution in [3.05, 3.63) is 28.8 Å². The van der Waals surface area contributed by atoms with Crippen LogP contribution in [0, 0.1) is 13.8 Å². The van der Waals surface area contributed by atoms with Crippen LogP contribution >= 0.6 is 0 Å². The van der Waals surface area contributed by atoms with Crippen LogP contribution in [0.2, 0.25) is 0 Å². The molecule has 116 valence electrons. The Labute approximate surface area is 125 Å². The van der Waals surface area contributed by atoms with E-state index >= 15 is 0 Å². The number of benzene rings is 1. The highest BCUT2D eigenvalue weighted by Gasteiger charge is 2.32. The van der Waals surface area contributed by atoms with Crippen molar-refractivity contribution in [1.29, 1.82) is 0 Å². The first-order valence-electron chi connectivity index (χ1n) is 7.22. The molecule has 2 N–H and O–H groups in total. The van der Waals surface area contributed by atoms with Crippen LogP contribution < -0.4 is 4.74 Å². The van der Waals surface area contributed by atoms with Crippen molar-refractivity contribution >= 4 is 5.97 Å². The van der Waals surface area contributed by atoms with Crippen LogP contribution in [0.1, 0.15) is 29.5 Å². The molecule has 0 bridgehead atoms. The van der Waals surface area contributed by atoms with Gasteiger partial charge in [-0.25, -0.2) is 0 Å². The molecule has 1 aliphatic heterocycles. The third-order valence-electron chi connectivity index (χ3n) is 4.41. The van der Waals surface area contributed by atoms with Gasteiger partial charge in [-0.2, -0.15) is 0 Å². The second-order valence-electron chi connectivity index (χ2n) is 5.68. The Morgan fingerprint density at radius 3 is 2.71 bits per heavy atom. The number of hydrogen-bond donors (Lipinski definition) is 2.